The highest BCUT2D eigenvalue weighted by atomic mass is 35.5. The third-order valence-electron chi connectivity index (χ3n) is 5.38. The Morgan fingerprint density at radius 2 is 1.86 bits per heavy atom. The molecular formula is C24H24ClN3O. The van der Waals surface area contributed by atoms with Gasteiger partial charge in [0.1, 0.15) is 0 Å². The predicted octanol–water partition coefficient (Wildman–Crippen LogP) is 5.45. The zero-order valence-corrected chi connectivity index (χ0v) is 17.4. The number of H-pyrrole nitrogens is 1. The summed E-state index contributed by atoms with van der Waals surface area (Å²) in [5.74, 6) is 0.522. The van der Waals surface area contributed by atoms with Crippen LogP contribution in [-0.4, -0.2) is 27.5 Å². The average molecular weight is 406 g/mol. The van der Waals surface area contributed by atoms with Gasteiger partial charge in [-0.2, -0.15) is 5.10 Å². The summed E-state index contributed by atoms with van der Waals surface area (Å²) in [6.45, 7) is 5.59. The Kier molecular flexibility index (Phi) is 5.54. The fourth-order valence-corrected chi connectivity index (χ4v) is 3.72. The Bertz CT molecular complexity index is 1030. The lowest BCUT2D eigenvalue weighted by Crippen LogP contribution is -2.34. The molecule has 0 saturated carbocycles. The van der Waals surface area contributed by atoms with Crippen LogP contribution < -0.4 is 0 Å². The number of hydrogen-bond donors (Lipinski definition) is 1. The molecule has 2 heterocycles. The summed E-state index contributed by atoms with van der Waals surface area (Å²) in [5.41, 5.74) is 6.41. The zero-order chi connectivity index (χ0) is 20.4. The average Bonchev–Trinajstić information content (AvgIpc) is 3.16. The van der Waals surface area contributed by atoms with Gasteiger partial charge in [-0.1, -0.05) is 61.8 Å². The number of nitrogens with zero attached hydrogens (tertiary/aromatic N) is 2. The van der Waals surface area contributed by atoms with E-state index in [0.717, 1.165) is 34.5 Å². The Balaban J connectivity index is 1.48. The Morgan fingerprint density at radius 1 is 1.14 bits per heavy atom. The van der Waals surface area contributed by atoms with Gasteiger partial charge in [0.05, 0.1) is 5.69 Å². The largest absolute Gasteiger partial charge is 0.334 e. The molecule has 0 fully saturated rings. The SMILES string of the molecule is CC(C)c1ccc(/C=C/C(=O)N2CCc3[nH]nc(-c4ccc(Cl)cc4)c3C2)cc1. The first-order valence-corrected chi connectivity index (χ1v) is 10.3. The van der Waals surface area contributed by atoms with E-state index in [1.54, 1.807) is 6.08 Å². The third kappa shape index (κ3) is 4.28. The number of fused-ring (bicyclic) bond motifs is 1. The first kappa shape index (κ1) is 19.5. The molecule has 2 aromatic carbocycles. The van der Waals surface area contributed by atoms with E-state index in [1.165, 1.54) is 5.56 Å². The molecule has 148 valence electrons. The van der Waals surface area contributed by atoms with Crippen LogP contribution in [0.2, 0.25) is 5.02 Å². The number of rotatable bonds is 4. The minimum absolute atomic E-state index is 0.0202. The molecule has 1 N–H and O–H groups in total. The van der Waals surface area contributed by atoms with Gasteiger partial charge in [0.15, 0.2) is 0 Å². The topological polar surface area (TPSA) is 49.0 Å². The molecule has 4 rings (SSSR count). The van der Waals surface area contributed by atoms with E-state index in [4.69, 9.17) is 11.6 Å². The van der Waals surface area contributed by atoms with Crippen LogP contribution in [0.3, 0.4) is 0 Å². The van der Waals surface area contributed by atoms with E-state index in [-0.39, 0.29) is 5.91 Å². The van der Waals surface area contributed by atoms with Crippen LogP contribution in [0.15, 0.2) is 54.6 Å². The van der Waals surface area contributed by atoms with Crippen molar-refractivity contribution in [2.45, 2.75) is 32.7 Å². The molecule has 0 spiro atoms. The molecule has 1 aliphatic rings. The number of halogens is 1. The van der Waals surface area contributed by atoms with Crippen LogP contribution >= 0.6 is 11.6 Å². The third-order valence-corrected chi connectivity index (χ3v) is 5.64. The van der Waals surface area contributed by atoms with Crippen LogP contribution in [0, 0.1) is 0 Å². The molecule has 4 nitrogen and oxygen atoms in total. The second-order valence-corrected chi connectivity index (χ2v) is 8.14. The van der Waals surface area contributed by atoms with Gasteiger partial charge in [0.25, 0.3) is 0 Å². The van der Waals surface area contributed by atoms with E-state index in [9.17, 15) is 4.79 Å². The van der Waals surface area contributed by atoms with E-state index in [2.05, 4.69) is 48.3 Å². The van der Waals surface area contributed by atoms with Gasteiger partial charge in [-0.05, 0) is 35.3 Å². The minimum Gasteiger partial charge on any atom is -0.334 e. The molecule has 1 aliphatic heterocycles. The number of carbonyl (C=O) groups excluding carboxylic acids is 1. The fraction of sp³-hybridized carbons (Fsp3) is 0.250. The number of nitrogens with one attached hydrogen (secondary N) is 1. The maximum atomic E-state index is 12.8. The summed E-state index contributed by atoms with van der Waals surface area (Å²) in [5, 5.41) is 8.31. The van der Waals surface area contributed by atoms with Gasteiger partial charge in [-0.25, -0.2) is 0 Å². The molecule has 5 heteroatoms. The van der Waals surface area contributed by atoms with Crippen molar-refractivity contribution in [2.75, 3.05) is 6.54 Å². The normalized spacial score (nSPS) is 13.9. The van der Waals surface area contributed by atoms with E-state index in [1.807, 2.05) is 35.2 Å². The smallest absolute Gasteiger partial charge is 0.246 e. The summed E-state index contributed by atoms with van der Waals surface area (Å²) < 4.78 is 0. The standard InChI is InChI=1S/C24H24ClN3O/c1-16(2)18-6-3-17(4-7-18)5-12-23(29)28-14-13-22-21(15-28)24(27-26-22)19-8-10-20(25)11-9-19/h3-12,16H,13-15H2,1-2H3,(H,26,27)/b12-5+. The molecule has 1 amide bonds. The van der Waals surface area contributed by atoms with Crippen molar-refractivity contribution in [1.82, 2.24) is 15.1 Å². The van der Waals surface area contributed by atoms with Crippen molar-refractivity contribution >= 4 is 23.6 Å². The lowest BCUT2D eigenvalue weighted by molar-refractivity contribution is -0.126. The van der Waals surface area contributed by atoms with Gasteiger partial charge in [0.2, 0.25) is 5.91 Å². The highest BCUT2D eigenvalue weighted by Crippen LogP contribution is 2.29. The molecule has 0 atom stereocenters. The first-order chi connectivity index (χ1) is 14.0. The summed E-state index contributed by atoms with van der Waals surface area (Å²) in [7, 11) is 0. The van der Waals surface area contributed by atoms with Crippen molar-refractivity contribution in [2.24, 2.45) is 0 Å². The molecule has 0 aliphatic carbocycles. The van der Waals surface area contributed by atoms with Crippen molar-refractivity contribution in [3.05, 3.63) is 82.0 Å². The van der Waals surface area contributed by atoms with Gasteiger partial charge in [0, 0.05) is 47.4 Å². The quantitative estimate of drug-likeness (QED) is 0.586. The van der Waals surface area contributed by atoms with Gasteiger partial charge >= 0.3 is 0 Å². The summed E-state index contributed by atoms with van der Waals surface area (Å²) in [6.07, 6.45) is 4.33. The van der Waals surface area contributed by atoms with E-state index < -0.39 is 0 Å². The number of benzene rings is 2. The monoisotopic (exact) mass is 405 g/mol. The lowest BCUT2D eigenvalue weighted by atomic mass is 10.0. The van der Waals surface area contributed by atoms with Crippen LogP contribution in [-0.2, 0) is 17.8 Å². The number of amides is 1. The van der Waals surface area contributed by atoms with Crippen LogP contribution in [0.25, 0.3) is 17.3 Å². The Labute approximate surface area is 176 Å². The van der Waals surface area contributed by atoms with Gasteiger partial charge in [-0.15, -0.1) is 0 Å². The van der Waals surface area contributed by atoms with Crippen molar-refractivity contribution < 1.29 is 4.79 Å². The lowest BCUT2D eigenvalue weighted by Gasteiger charge is -2.26. The maximum Gasteiger partial charge on any atom is 0.246 e. The van der Waals surface area contributed by atoms with Gasteiger partial charge in [-0.3, -0.25) is 9.89 Å². The molecule has 3 aromatic rings. The molecule has 0 unspecified atom stereocenters. The molecular weight excluding hydrogens is 382 g/mol. The maximum absolute atomic E-state index is 12.8. The number of aromatic amines is 1. The molecule has 0 radical (unpaired) electrons. The number of aromatic nitrogens is 2. The Morgan fingerprint density at radius 3 is 2.55 bits per heavy atom. The highest BCUT2D eigenvalue weighted by Gasteiger charge is 2.24. The second kappa shape index (κ2) is 8.26. The van der Waals surface area contributed by atoms with Crippen LogP contribution in [0.4, 0.5) is 0 Å². The Hall–Kier alpha value is -2.85. The second-order valence-electron chi connectivity index (χ2n) is 7.70. The predicted molar refractivity (Wildman–Crippen MR) is 118 cm³/mol. The summed E-state index contributed by atoms with van der Waals surface area (Å²) in [6, 6.07) is 16.0. The number of hydrogen-bond acceptors (Lipinski definition) is 2. The zero-order valence-electron chi connectivity index (χ0n) is 16.7. The minimum atomic E-state index is 0.0202. The van der Waals surface area contributed by atoms with Crippen molar-refractivity contribution in [3.8, 4) is 11.3 Å². The number of carbonyl (C=O) groups is 1. The van der Waals surface area contributed by atoms with Crippen molar-refractivity contribution in [3.63, 3.8) is 0 Å². The summed E-state index contributed by atoms with van der Waals surface area (Å²) in [4.78, 5) is 14.6. The fourth-order valence-electron chi connectivity index (χ4n) is 3.59. The summed E-state index contributed by atoms with van der Waals surface area (Å²) >= 11 is 6.00. The highest BCUT2D eigenvalue weighted by molar-refractivity contribution is 6.30. The van der Waals surface area contributed by atoms with Crippen molar-refractivity contribution in [1.29, 1.82) is 0 Å². The first-order valence-electron chi connectivity index (χ1n) is 9.90. The van der Waals surface area contributed by atoms with Gasteiger partial charge < -0.3 is 4.90 Å². The molecule has 29 heavy (non-hydrogen) atoms. The van der Waals surface area contributed by atoms with E-state index >= 15 is 0 Å². The molecule has 1 aromatic heterocycles. The van der Waals surface area contributed by atoms with Crippen LogP contribution in [0.5, 0.6) is 0 Å². The van der Waals surface area contributed by atoms with Crippen LogP contribution in [0.1, 0.15) is 42.1 Å². The molecule has 0 bridgehead atoms. The van der Waals surface area contributed by atoms with E-state index in [0.29, 0.717) is 24.0 Å². The molecule has 0 saturated heterocycles.